The summed E-state index contributed by atoms with van der Waals surface area (Å²) in [6.07, 6.45) is 9.48. The Bertz CT molecular complexity index is 1320. The molecule has 7 nitrogen and oxygen atoms in total. The number of fused-ring (bicyclic) bond motifs is 2. The lowest BCUT2D eigenvalue weighted by Crippen LogP contribution is -2.28. The van der Waals surface area contributed by atoms with E-state index in [2.05, 4.69) is 14.8 Å². The molecule has 2 heterocycles. The number of sulfonamides is 1. The number of aromatic amines is 1. The average Bonchev–Trinajstić information content (AvgIpc) is 3.04. The number of H-pyrrole nitrogens is 1. The summed E-state index contributed by atoms with van der Waals surface area (Å²) in [4.78, 5) is 16.5. The molecule has 0 aliphatic heterocycles. The van der Waals surface area contributed by atoms with E-state index in [4.69, 9.17) is 0 Å². The van der Waals surface area contributed by atoms with Gasteiger partial charge >= 0.3 is 0 Å². The molecule has 0 bridgehead atoms. The molecule has 0 saturated heterocycles. The van der Waals surface area contributed by atoms with Gasteiger partial charge in [-0.25, -0.2) is 13.1 Å². The molecule has 2 N–H and O–H groups in total. The van der Waals surface area contributed by atoms with Crippen LogP contribution in [0, 0.1) is 5.92 Å². The van der Waals surface area contributed by atoms with Crippen LogP contribution in [0.4, 0.5) is 0 Å². The van der Waals surface area contributed by atoms with E-state index in [1.165, 1.54) is 0 Å². The Morgan fingerprint density at radius 1 is 1.26 bits per heavy atom. The Balaban J connectivity index is 1.67. The standard InChI is InChI=1S/C23H26N4O3S/c1-15(2)10-26-31(29,30)14-16-4-5-17-6-7-22-20(9-18(17)8-16)23(28)21(12-24-22)19-11-25-27(3)13-19/h4-8,11-13,15,26H,9-10,14H2,1-3H3,(H,24,28). The number of rotatable bonds is 6. The number of hydrogen-bond acceptors (Lipinski definition) is 4. The molecule has 3 aromatic rings. The molecule has 1 aliphatic rings. The largest absolute Gasteiger partial charge is 0.361 e. The Morgan fingerprint density at radius 3 is 2.77 bits per heavy atom. The zero-order valence-electron chi connectivity index (χ0n) is 17.8. The summed E-state index contributed by atoms with van der Waals surface area (Å²) < 4.78 is 29.1. The van der Waals surface area contributed by atoms with E-state index in [1.54, 1.807) is 17.1 Å². The molecule has 0 unspecified atom stereocenters. The van der Waals surface area contributed by atoms with Crippen LogP contribution >= 0.6 is 0 Å². The van der Waals surface area contributed by atoms with Gasteiger partial charge in [0, 0.05) is 54.8 Å². The molecule has 4 rings (SSSR count). The van der Waals surface area contributed by atoms with Gasteiger partial charge in [0.15, 0.2) is 5.43 Å². The van der Waals surface area contributed by atoms with Crippen molar-refractivity contribution in [1.82, 2.24) is 19.5 Å². The molecule has 0 saturated carbocycles. The minimum Gasteiger partial charge on any atom is -0.361 e. The molecule has 0 spiro atoms. The van der Waals surface area contributed by atoms with Crippen molar-refractivity contribution in [2.24, 2.45) is 13.0 Å². The third kappa shape index (κ3) is 4.70. The number of aryl methyl sites for hydroxylation is 1. The maximum atomic E-state index is 13.3. The second-order valence-corrected chi connectivity index (χ2v) is 10.2. The fourth-order valence-corrected chi connectivity index (χ4v) is 4.99. The Hall–Kier alpha value is -2.97. The van der Waals surface area contributed by atoms with E-state index >= 15 is 0 Å². The van der Waals surface area contributed by atoms with Crippen molar-refractivity contribution < 1.29 is 8.42 Å². The van der Waals surface area contributed by atoms with Crippen LogP contribution in [0.3, 0.4) is 0 Å². The number of nitrogens with zero attached hydrogens (tertiary/aromatic N) is 2. The van der Waals surface area contributed by atoms with Gasteiger partial charge in [-0.15, -0.1) is 0 Å². The van der Waals surface area contributed by atoms with Crippen molar-refractivity contribution in [2.75, 3.05) is 6.54 Å². The third-order valence-electron chi connectivity index (χ3n) is 5.30. The molecule has 8 heteroatoms. The normalized spacial score (nSPS) is 13.2. The van der Waals surface area contributed by atoms with Crippen LogP contribution in [0.2, 0.25) is 0 Å². The van der Waals surface area contributed by atoms with Crippen molar-refractivity contribution in [1.29, 1.82) is 0 Å². The first-order chi connectivity index (χ1) is 14.7. The second kappa shape index (κ2) is 8.28. The molecule has 31 heavy (non-hydrogen) atoms. The van der Waals surface area contributed by atoms with Crippen LogP contribution in [0.15, 0.2) is 41.6 Å². The van der Waals surface area contributed by atoms with Crippen molar-refractivity contribution in [3.05, 3.63) is 75.0 Å². The maximum Gasteiger partial charge on any atom is 0.215 e. The highest BCUT2D eigenvalue weighted by Gasteiger charge is 2.18. The van der Waals surface area contributed by atoms with Crippen molar-refractivity contribution in [3.8, 4) is 11.1 Å². The van der Waals surface area contributed by atoms with Gasteiger partial charge in [-0.05, 0) is 28.7 Å². The summed E-state index contributed by atoms with van der Waals surface area (Å²) >= 11 is 0. The van der Waals surface area contributed by atoms with Gasteiger partial charge in [-0.3, -0.25) is 9.48 Å². The molecular formula is C23H26N4O3S. The monoisotopic (exact) mass is 438 g/mol. The Kier molecular flexibility index (Phi) is 5.68. The molecule has 162 valence electrons. The summed E-state index contributed by atoms with van der Waals surface area (Å²) in [6, 6.07) is 5.63. The fraction of sp³-hybridized carbons (Fsp3) is 0.304. The summed E-state index contributed by atoms with van der Waals surface area (Å²) in [7, 11) is -1.61. The molecule has 1 aliphatic carbocycles. The van der Waals surface area contributed by atoms with E-state index in [9.17, 15) is 13.2 Å². The van der Waals surface area contributed by atoms with Gasteiger partial charge in [0.1, 0.15) is 0 Å². The predicted molar refractivity (Wildman–Crippen MR) is 123 cm³/mol. The Morgan fingerprint density at radius 2 is 2.06 bits per heavy atom. The minimum absolute atomic E-state index is 0.0455. The van der Waals surface area contributed by atoms with E-state index in [-0.39, 0.29) is 17.1 Å². The smallest absolute Gasteiger partial charge is 0.215 e. The topological polar surface area (TPSA) is 96.8 Å². The molecule has 0 amide bonds. The van der Waals surface area contributed by atoms with Crippen LogP contribution in [0.5, 0.6) is 0 Å². The number of aromatic nitrogens is 3. The van der Waals surface area contributed by atoms with Crippen molar-refractivity contribution in [3.63, 3.8) is 0 Å². The third-order valence-corrected chi connectivity index (χ3v) is 6.62. The molecule has 0 fully saturated rings. The van der Waals surface area contributed by atoms with Gasteiger partial charge in [0.05, 0.1) is 11.9 Å². The minimum atomic E-state index is -3.42. The SMILES string of the molecule is CC(C)CNS(=O)(=O)Cc1ccc2c(c1)Cc1c([nH]cc(-c3cnn(C)c3)c1=O)C=C2. The number of hydrogen-bond donors (Lipinski definition) is 2. The summed E-state index contributed by atoms with van der Waals surface area (Å²) in [5, 5.41) is 4.16. The van der Waals surface area contributed by atoms with E-state index in [0.29, 0.717) is 29.7 Å². The first-order valence-corrected chi connectivity index (χ1v) is 11.9. The van der Waals surface area contributed by atoms with E-state index in [0.717, 1.165) is 22.4 Å². The van der Waals surface area contributed by atoms with Crippen LogP contribution in [-0.4, -0.2) is 29.7 Å². The number of nitrogens with one attached hydrogen (secondary N) is 2. The van der Waals surface area contributed by atoms with E-state index < -0.39 is 10.0 Å². The lowest BCUT2D eigenvalue weighted by molar-refractivity contribution is 0.559. The molecular weight excluding hydrogens is 412 g/mol. The lowest BCUT2D eigenvalue weighted by Gasteiger charge is -2.11. The molecule has 0 radical (unpaired) electrons. The average molecular weight is 439 g/mol. The zero-order valence-corrected chi connectivity index (χ0v) is 18.7. The zero-order chi connectivity index (χ0) is 22.2. The maximum absolute atomic E-state index is 13.3. The van der Waals surface area contributed by atoms with Gasteiger partial charge in [-0.2, -0.15) is 5.10 Å². The molecule has 2 aromatic heterocycles. The van der Waals surface area contributed by atoms with Gasteiger partial charge < -0.3 is 4.98 Å². The highest BCUT2D eigenvalue weighted by molar-refractivity contribution is 7.88. The summed E-state index contributed by atoms with van der Waals surface area (Å²) in [5.41, 5.74) is 5.32. The predicted octanol–water partition coefficient (Wildman–Crippen LogP) is 2.93. The highest BCUT2D eigenvalue weighted by Crippen LogP contribution is 2.25. The highest BCUT2D eigenvalue weighted by atomic mass is 32.2. The molecule has 1 aromatic carbocycles. The number of pyridine rings is 1. The lowest BCUT2D eigenvalue weighted by atomic mass is 9.97. The van der Waals surface area contributed by atoms with Gasteiger partial charge in [-0.1, -0.05) is 38.1 Å². The van der Waals surface area contributed by atoms with E-state index in [1.807, 2.05) is 57.4 Å². The Labute approximate surface area is 181 Å². The van der Waals surface area contributed by atoms with Crippen molar-refractivity contribution in [2.45, 2.75) is 26.0 Å². The second-order valence-electron chi connectivity index (χ2n) is 8.37. The first kappa shape index (κ1) is 21.3. The van der Waals surface area contributed by atoms with Crippen molar-refractivity contribution >= 4 is 22.2 Å². The van der Waals surface area contributed by atoms with Crippen LogP contribution < -0.4 is 10.2 Å². The fourth-order valence-electron chi connectivity index (χ4n) is 3.68. The molecule has 0 atom stereocenters. The van der Waals surface area contributed by atoms with Crippen LogP contribution in [0.1, 0.15) is 41.8 Å². The van der Waals surface area contributed by atoms with Crippen LogP contribution in [0.25, 0.3) is 23.3 Å². The quantitative estimate of drug-likeness (QED) is 0.484. The first-order valence-electron chi connectivity index (χ1n) is 10.2. The summed E-state index contributed by atoms with van der Waals surface area (Å²) in [5.74, 6) is 0.152. The summed E-state index contributed by atoms with van der Waals surface area (Å²) in [6.45, 7) is 4.34. The van der Waals surface area contributed by atoms with Gasteiger partial charge in [0.2, 0.25) is 10.0 Å². The van der Waals surface area contributed by atoms with Crippen LogP contribution in [-0.2, 0) is 29.2 Å². The van der Waals surface area contributed by atoms with Gasteiger partial charge in [0.25, 0.3) is 0 Å². The number of benzene rings is 1.